The third kappa shape index (κ3) is 2.69. The first-order valence-electron chi connectivity index (χ1n) is 7.11. The topological polar surface area (TPSA) is 75.6 Å². The molecule has 1 aliphatic carbocycles. The monoisotopic (exact) mass is 312 g/mol. The summed E-state index contributed by atoms with van der Waals surface area (Å²) in [7, 11) is 0.119. The fraction of sp³-hybridized carbons (Fsp3) is 0.692. The van der Waals surface area contributed by atoms with Crippen molar-refractivity contribution in [3.05, 3.63) is 12.4 Å². The molecule has 21 heavy (non-hydrogen) atoms. The Bertz CT molecular complexity index is 618. The largest absolute Gasteiger partial charge is 0.478 e. The summed E-state index contributed by atoms with van der Waals surface area (Å²) in [6.07, 6.45) is 5.58. The normalized spacial score (nSPS) is 22.8. The van der Waals surface area contributed by atoms with E-state index in [4.69, 9.17) is 4.74 Å². The first kappa shape index (κ1) is 14.5. The van der Waals surface area contributed by atoms with E-state index in [1.54, 1.807) is 30.9 Å². The number of likely N-dealkylation sites (N-methyl/N-ethyl adjacent to an activating group) is 1. The second-order valence-electron chi connectivity index (χ2n) is 5.54. The van der Waals surface area contributed by atoms with Crippen LogP contribution in [0.4, 0.5) is 5.82 Å². The van der Waals surface area contributed by atoms with Crippen LogP contribution in [0.3, 0.4) is 0 Å². The van der Waals surface area contributed by atoms with Gasteiger partial charge in [0.25, 0.3) is 5.88 Å². The zero-order valence-electron chi connectivity index (χ0n) is 12.3. The molecule has 1 atom stereocenters. The molecule has 7 nitrogen and oxygen atoms in total. The summed E-state index contributed by atoms with van der Waals surface area (Å²) in [5.74, 6) is 1.16. The Morgan fingerprint density at radius 1 is 1.29 bits per heavy atom. The summed E-state index contributed by atoms with van der Waals surface area (Å²) in [5, 5.41) is -0.164. The van der Waals surface area contributed by atoms with Crippen LogP contribution in [-0.4, -0.2) is 61.2 Å². The molecule has 2 fully saturated rings. The predicted molar refractivity (Wildman–Crippen MR) is 78.9 cm³/mol. The van der Waals surface area contributed by atoms with Crippen LogP contribution in [0.1, 0.15) is 19.3 Å². The van der Waals surface area contributed by atoms with Gasteiger partial charge in [0, 0.05) is 38.6 Å². The van der Waals surface area contributed by atoms with E-state index in [-0.39, 0.29) is 11.3 Å². The number of aromatic nitrogens is 2. The molecule has 0 amide bonds. The van der Waals surface area contributed by atoms with Gasteiger partial charge in [0.2, 0.25) is 10.0 Å². The maximum absolute atomic E-state index is 12.3. The first-order valence-corrected chi connectivity index (χ1v) is 8.61. The van der Waals surface area contributed by atoms with Gasteiger partial charge in [0.05, 0.1) is 12.4 Å². The number of hydrogen-bond donors (Lipinski definition) is 0. The van der Waals surface area contributed by atoms with Crippen LogP contribution >= 0.6 is 0 Å². The number of methoxy groups -OCH3 is 1. The summed E-state index contributed by atoms with van der Waals surface area (Å²) >= 11 is 0. The standard InChI is InChI=1S/C13H20N4O3S/c1-16(21(18,19)11-3-4-11)10-5-8-17(9-10)12-13(20-2)15-7-6-14-12/h6-7,10-11H,3-5,8-9H2,1-2H3. The lowest BCUT2D eigenvalue weighted by molar-refractivity contribution is 0.386. The van der Waals surface area contributed by atoms with Crippen molar-refractivity contribution in [2.24, 2.45) is 0 Å². The second kappa shape index (κ2) is 5.42. The Morgan fingerprint density at radius 3 is 2.67 bits per heavy atom. The van der Waals surface area contributed by atoms with Crippen LogP contribution in [0.2, 0.25) is 0 Å². The molecule has 0 bridgehead atoms. The molecule has 2 heterocycles. The van der Waals surface area contributed by atoms with Crippen molar-refractivity contribution in [2.75, 3.05) is 32.1 Å². The number of sulfonamides is 1. The molecule has 1 aromatic rings. The van der Waals surface area contributed by atoms with E-state index in [2.05, 4.69) is 9.97 Å². The van der Waals surface area contributed by atoms with Crippen molar-refractivity contribution in [2.45, 2.75) is 30.6 Å². The molecule has 8 heteroatoms. The van der Waals surface area contributed by atoms with Gasteiger partial charge in [-0.25, -0.2) is 18.4 Å². The van der Waals surface area contributed by atoms with E-state index in [0.29, 0.717) is 18.2 Å². The summed E-state index contributed by atoms with van der Waals surface area (Å²) in [6.45, 7) is 1.38. The number of ether oxygens (including phenoxy) is 1. The zero-order chi connectivity index (χ0) is 15.0. The molecule has 1 unspecified atom stereocenters. The first-order chi connectivity index (χ1) is 10.0. The molecule has 0 radical (unpaired) electrons. The molecule has 1 saturated carbocycles. The molecule has 0 spiro atoms. The van der Waals surface area contributed by atoms with Crippen molar-refractivity contribution in [1.82, 2.24) is 14.3 Å². The van der Waals surface area contributed by atoms with Crippen molar-refractivity contribution in [3.63, 3.8) is 0 Å². The molecule has 1 saturated heterocycles. The highest BCUT2D eigenvalue weighted by atomic mass is 32.2. The molecule has 116 valence electrons. The van der Waals surface area contributed by atoms with Crippen molar-refractivity contribution < 1.29 is 13.2 Å². The third-order valence-corrected chi connectivity index (χ3v) is 6.58. The van der Waals surface area contributed by atoms with Crippen LogP contribution < -0.4 is 9.64 Å². The Morgan fingerprint density at radius 2 is 2.00 bits per heavy atom. The fourth-order valence-electron chi connectivity index (χ4n) is 2.72. The summed E-state index contributed by atoms with van der Waals surface area (Å²) in [4.78, 5) is 10.5. The molecule has 0 N–H and O–H groups in total. The van der Waals surface area contributed by atoms with Crippen LogP contribution in [-0.2, 0) is 10.0 Å². The van der Waals surface area contributed by atoms with Gasteiger partial charge in [-0.05, 0) is 19.3 Å². The van der Waals surface area contributed by atoms with Crippen molar-refractivity contribution in [3.8, 4) is 5.88 Å². The van der Waals surface area contributed by atoms with Crippen molar-refractivity contribution in [1.29, 1.82) is 0 Å². The summed E-state index contributed by atoms with van der Waals surface area (Å²) < 4.78 is 31.4. The average Bonchev–Trinajstić information content (AvgIpc) is 3.25. The Hall–Kier alpha value is -1.41. The Kier molecular flexibility index (Phi) is 3.75. The number of rotatable bonds is 5. The van der Waals surface area contributed by atoms with E-state index >= 15 is 0 Å². The van der Waals surface area contributed by atoms with Gasteiger partial charge in [-0.2, -0.15) is 4.31 Å². The van der Waals surface area contributed by atoms with E-state index < -0.39 is 10.0 Å². The minimum atomic E-state index is -3.13. The quantitative estimate of drug-likeness (QED) is 0.787. The van der Waals surface area contributed by atoms with Crippen LogP contribution in [0.15, 0.2) is 12.4 Å². The van der Waals surface area contributed by atoms with Gasteiger partial charge >= 0.3 is 0 Å². The van der Waals surface area contributed by atoms with Crippen LogP contribution in [0, 0.1) is 0 Å². The van der Waals surface area contributed by atoms with E-state index in [9.17, 15) is 8.42 Å². The molecule has 3 rings (SSSR count). The van der Waals surface area contributed by atoms with Crippen molar-refractivity contribution >= 4 is 15.8 Å². The van der Waals surface area contributed by atoms with E-state index in [1.165, 1.54) is 0 Å². The average molecular weight is 312 g/mol. The molecular formula is C13H20N4O3S. The minimum Gasteiger partial charge on any atom is -0.478 e. The lowest BCUT2D eigenvalue weighted by Crippen LogP contribution is -2.40. The highest BCUT2D eigenvalue weighted by Gasteiger charge is 2.42. The minimum absolute atomic E-state index is 0.0117. The molecule has 0 aromatic carbocycles. The molecule has 1 aliphatic heterocycles. The highest BCUT2D eigenvalue weighted by Crippen LogP contribution is 2.34. The van der Waals surface area contributed by atoms with E-state index in [1.807, 2.05) is 4.90 Å². The number of anilines is 1. The van der Waals surface area contributed by atoms with Crippen LogP contribution in [0.25, 0.3) is 0 Å². The number of nitrogens with zero attached hydrogens (tertiary/aromatic N) is 4. The maximum Gasteiger partial charge on any atom is 0.257 e. The predicted octanol–water partition coefficient (Wildman–Crippen LogP) is 0.488. The molecule has 1 aromatic heterocycles. The smallest absolute Gasteiger partial charge is 0.257 e. The van der Waals surface area contributed by atoms with Crippen LogP contribution in [0.5, 0.6) is 5.88 Å². The Balaban J connectivity index is 1.73. The zero-order valence-corrected chi connectivity index (χ0v) is 13.1. The summed E-state index contributed by atoms with van der Waals surface area (Å²) in [6, 6.07) is -0.0117. The van der Waals surface area contributed by atoms with Gasteiger partial charge in [-0.3, -0.25) is 0 Å². The van der Waals surface area contributed by atoms with Gasteiger partial charge in [-0.15, -0.1) is 0 Å². The second-order valence-corrected chi connectivity index (χ2v) is 7.81. The van der Waals surface area contributed by atoms with Gasteiger partial charge in [0.15, 0.2) is 5.82 Å². The summed E-state index contributed by atoms with van der Waals surface area (Å²) in [5.41, 5.74) is 0. The lowest BCUT2D eigenvalue weighted by atomic mass is 10.3. The highest BCUT2D eigenvalue weighted by molar-refractivity contribution is 7.90. The van der Waals surface area contributed by atoms with Gasteiger partial charge < -0.3 is 9.64 Å². The van der Waals surface area contributed by atoms with E-state index in [0.717, 1.165) is 25.8 Å². The SMILES string of the molecule is COc1nccnc1N1CCC(N(C)S(=O)(=O)C2CC2)C1. The van der Waals surface area contributed by atoms with Gasteiger partial charge in [-0.1, -0.05) is 0 Å². The third-order valence-electron chi connectivity index (χ3n) is 4.16. The maximum atomic E-state index is 12.3. The lowest BCUT2D eigenvalue weighted by Gasteiger charge is -2.24. The fourth-order valence-corrected chi connectivity index (χ4v) is 4.51. The molecular weight excluding hydrogens is 292 g/mol. The Labute approximate surface area is 125 Å². The molecule has 2 aliphatic rings. The van der Waals surface area contributed by atoms with Gasteiger partial charge in [0.1, 0.15) is 0 Å². The number of hydrogen-bond acceptors (Lipinski definition) is 6.